The third-order valence-corrected chi connectivity index (χ3v) is 5.88. The highest BCUT2D eigenvalue weighted by Crippen LogP contribution is 2.38. The molecule has 0 bridgehead atoms. The first-order valence-corrected chi connectivity index (χ1v) is 10.5. The van der Waals surface area contributed by atoms with Crippen LogP contribution >= 0.6 is 11.3 Å². The maximum absolute atomic E-state index is 12.2. The topological polar surface area (TPSA) is 88.4 Å². The van der Waals surface area contributed by atoms with Gasteiger partial charge in [0.15, 0.2) is 6.61 Å². The summed E-state index contributed by atoms with van der Waals surface area (Å²) in [5.74, 6) is 0.219. The van der Waals surface area contributed by atoms with E-state index >= 15 is 0 Å². The molecule has 1 N–H and O–H groups in total. The Labute approximate surface area is 174 Å². The SMILES string of the molecule is CC(C)CCOc1ccc(C(=O)OCC(=O)Nc2sc3c(c2C#N)CCC3)cc1. The molecule has 0 aliphatic heterocycles. The molecular formula is C22H24N2O4S. The van der Waals surface area contributed by atoms with E-state index in [1.165, 1.54) is 11.3 Å². The summed E-state index contributed by atoms with van der Waals surface area (Å²) in [6.45, 7) is 4.48. The number of nitrogens with zero attached hydrogens (tertiary/aromatic N) is 1. The van der Waals surface area contributed by atoms with Crippen LogP contribution in [0.25, 0.3) is 0 Å². The lowest BCUT2D eigenvalue weighted by molar-refractivity contribution is -0.119. The van der Waals surface area contributed by atoms with Crippen molar-refractivity contribution in [2.24, 2.45) is 5.92 Å². The zero-order valence-electron chi connectivity index (χ0n) is 16.6. The minimum absolute atomic E-state index is 0.349. The molecule has 0 atom stereocenters. The number of thiophene rings is 1. The normalized spacial score (nSPS) is 12.3. The van der Waals surface area contributed by atoms with Crippen LogP contribution in [0.1, 0.15) is 53.1 Å². The second-order valence-corrected chi connectivity index (χ2v) is 8.46. The van der Waals surface area contributed by atoms with Gasteiger partial charge in [0.2, 0.25) is 0 Å². The number of nitriles is 1. The highest BCUT2D eigenvalue weighted by Gasteiger charge is 2.23. The van der Waals surface area contributed by atoms with Crippen LogP contribution in [0.3, 0.4) is 0 Å². The number of benzene rings is 1. The van der Waals surface area contributed by atoms with E-state index in [-0.39, 0.29) is 0 Å². The predicted molar refractivity (Wildman–Crippen MR) is 111 cm³/mol. The Balaban J connectivity index is 1.49. The van der Waals surface area contributed by atoms with Crippen LogP contribution in [-0.4, -0.2) is 25.1 Å². The van der Waals surface area contributed by atoms with Crippen LogP contribution in [0, 0.1) is 17.2 Å². The Morgan fingerprint density at radius 3 is 2.69 bits per heavy atom. The summed E-state index contributed by atoms with van der Waals surface area (Å²) in [6.07, 6.45) is 3.82. The fourth-order valence-electron chi connectivity index (χ4n) is 3.09. The Morgan fingerprint density at radius 1 is 1.24 bits per heavy atom. The number of esters is 1. The van der Waals surface area contributed by atoms with Crippen LogP contribution in [0.15, 0.2) is 24.3 Å². The van der Waals surface area contributed by atoms with Crippen molar-refractivity contribution in [1.29, 1.82) is 5.26 Å². The Bertz CT molecular complexity index is 926. The molecule has 3 rings (SSSR count). The van der Waals surface area contributed by atoms with Crippen molar-refractivity contribution in [2.75, 3.05) is 18.5 Å². The first-order chi connectivity index (χ1) is 14.0. The highest BCUT2D eigenvalue weighted by molar-refractivity contribution is 7.16. The number of rotatable bonds is 8. The van der Waals surface area contributed by atoms with E-state index in [0.29, 0.717) is 34.4 Å². The van der Waals surface area contributed by atoms with E-state index in [1.807, 2.05) is 0 Å². The molecule has 1 aliphatic carbocycles. The van der Waals surface area contributed by atoms with E-state index in [2.05, 4.69) is 25.2 Å². The number of anilines is 1. The predicted octanol–water partition coefficient (Wildman–Crippen LogP) is 4.33. The van der Waals surface area contributed by atoms with Gasteiger partial charge in [-0.05, 0) is 61.4 Å². The van der Waals surface area contributed by atoms with E-state index in [0.717, 1.165) is 36.1 Å². The molecule has 1 aromatic carbocycles. The van der Waals surface area contributed by atoms with Gasteiger partial charge in [0.1, 0.15) is 16.8 Å². The van der Waals surface area contributed by atoms with Crippen molar-refractivity contribution in [1.82, 2.24) is 0 Å². The lowest BCUT2D eigenvalue weighted by Crippen LogP contribution is -2.20. The molecular weight excluding hydrogens is 388 g/mol. The highest BCUT2D eigenvalue weighted by atomic mass is 32.1. The van der Waals surface area contributed by atoms with Gasteiger partial charge in [0.05, 0.1) is 17.7 Å². The monoisotopic (exact) mass is 412 g/mol. The number of amides is 1. The molecule has 29 heavy (non-hydrogen) atoms. The van der Waals surface area contributed by atoms with Gasteiger partial charge in [-0.25, -0.2) is 4.79 Å². The number of hydrogen-bond donors (Lipinski definition) is 1. The molecule has 0 fully saturated rings. The molecule has 0 spiro atoms. The van der Waals surface area contributed by atoms with Gasteiger partial charge in [0, 0.05) is 4.88 Å². The molecule has 0 saturated heterocycles. The van der Waals surface area contributed by atoms with E-state index in [4.69, 9.17) is 9.47 Å². The fourth-order valence-corrected chi connectivity index (χ4v) is 4.34. The van der Waals surface area contributed by atoms with Crippen LogP contribution in [0.5, 0.6) is 5.75 Å². The molecule has 1 aliphatic rings. The lowest BCUT2D eigenvalue weighted by atomic mass is 10.1. The Hall–Kier alpha value is -2.85. The van der Waals surface area contributed by atoms with Gasteiger partial charge in [-0.15, -0.1) is 11.3 Å². The molecule has 1 aromatic heterocycles. The fraction of sp³-hybridized carbons (Fsp3) is 0.409. The van der Waals surface area contributed by atoms with Crippen molar-refractivity contribution in [3.8, 4) is 11.8 Å². The number of fused-ring (bicyclic) bond motifs is 1. The van der Waals surface area contributed by atoms with E-state index in [1.54, 1.807) is 24.3 Å². The van der Waals surface area contributed by atoms with Gasteiger partial charge in [-0.2, -0.15) is 5.26 Å². The smallest absolute Gasteiger partial charge is 0.338 e. The summed E-state index contributed by atoms with van der Waals surface area (Å²) in [4.78, 5) is 25.5. The minimum atomic E-state index is -0.580. The summed E-state index contributed by atoms with van der Waals surface area (Å²) in [7, 11) is 0. The average Bonchev–Trinajstić information content (AvgIpc) is 3.27. The van der Waals surface area contributed by atoms with Crippen LogP contribution in [0.2, 0.25) is 0 Å². The number of carbonyl (C=O) groups is 2. The molecule has 7 heteroatoms. The van der Waals surface area contributed by atoms with Gasteiger partial charge < -0.3 is 14.8 Å². The summed E-state index contributed by atoms with van der Waals surface area (Å²) in [5, 5.41) is 12.6. The number of nitrogens with one attached hydrogen (secondary N) is 1. The van der Waals surface area contributed by atoms with Crippen molar-refractivity contribution in [3.05, 3.63) is 45.8 Å². The third-order valence-electron chi connectivity index (χ3n) is 4.67. The minimum Gasteiger partial charge on any atom is -0.494 e. The van der Waals surface area contributed by atoms with E-state index < -0.39 is 18.5 Å². The van der Waals surface area contributed by atoms with Gasteiger partial charge in [-0.1, -0.05) is 13.8 Å². The van der Waals surface area contributed by atoms with Gasteiger partial charge in [0.25, 0.3) is 5.91 Å². The van der Waals surface area contributed by atoms with E-state index in [9.17, 15) is 14.9 Å². The standard InChI is InChI=1S/C22H24N2O4S/c1-14(2)10-11-27-16-8-6-15(7-9-16)22(26)28-13-20(25)24-21-18(12-23)17-4-3-5-19(17)29-21/h6-9,14H,3-5,10-11,13H2,1-2H3,(H,24,25). The molecule has 6 nitrogen and oxygen atoms in total. The van der Waals surface area contributed by atoms with Gasteiger partial charge >= 0.3 is 5.97 Å². The van der Waals surface area contributed by atoms with Crippen LogP contribution < -0.4 is 10.1 Å². The van der Waals surface area contributed by atoms with Gasteiger partial charge in [-0.3, -0.25) is 4.79 Å². The molecule has 0 unspecified atom stereocenters. The molecule has 0 saturated carbocycles. The summed E-state index contributed by atoms with van der Waals surface area (Å²) in [6, 6.07) is 8.82. The Kier molecular flexibility index (Phi) is 6.89. The van der Waals surface area contributed by atoms with Crippen LogP contribution in [-0.2, 0) is 22.4 Å². The average molecular weight is 413 g/mol. The van der Waals surface area contributed by atoms with Crippen molar-refractivity contribution >= 4 is 28.2 Å². The molecule has 1 amide bonds. The molecule has 152 valence electrons. The zero-order chi connectivity index (χ0) is 20.8. The summed E-state index contributed by atoms with van der Waals surface area (Å²) < 4.78 is 10.7. The quantitative estimate of drug-likeness (QED) is 0.652. The van der Waals surface area contributed by atoms with Crippen molar-refractivity contribution in [3.63, 3.8) is 0 Å². The zero-order valence-corrected chi connectivity index (χ0v) is 17.4. The first-order valence-electron chi connectivity index (χ1n) is 9.72. The Morgan fingerprint density at radius 2 is 2.00 bits per heavy atom. The number of ether oxygens (including phenoxy) is 2. The first kappa shape index (κ1) is 20.9. The molecule has 0 radical (unpaired) electrons. The van der Waals surface area contributed by atoms with Crippen molar-refractivity contribution in [2.45, 2.75) is 39.5 Å². The largest absolute Gasteiger partial charge is 0.494 e. The maximum atomic E-state index is 12.2. The summed E-state index contributed by atoms with van der Waals surface area (Å²) in [5.41, 5.74) is 1.93. The maximum Gasteiger partial charge on any atom is 0.338 e. The molecule has 2 aromatic rings. The number of hydrogen-bond acceptors (Lipinski definition) is 6. The molecule has 1 heterocycles. The lowest BCUT2D eigenvalue weighted by Gasteiger charge is -2.09. The second kappa shape index (κ2) is 9.57. The van der Waals surface area contributed by atoms with Crippen molar-refractivity contribution < 1.29 is 19.1 Å². The number of carbonyl (C=O) groups excluding carboxylic acids is 2. The number of aryl methyl sites for hydroxylation is 1. The summed E-state index contributed by atoms with van der Waals surface area (Å²) >= 11 is 1.43. The van der Waals surface area contributed by atoms with Crippen LogP contribution in [0.4, 0.5) is 5.00 Å². The second-order valence-electron chi connectivity index (χ2n) is 7.35. The third kappa shape index (κ3) is 5.36.